The summed E-state index contributed by atoms with van der Waals surface area (Å²) in [5.41, 5.74) is 0.700. The number of methoxy groups -OCH3 is 1. The van der Waals surface area contributed by atoms with Gasteiger partial charge in [0, 0.05) is 12.7 Å². The van der Waals surface area contributed by atoms with Crippen molar-refractivity contribution < 1.29 is 9.13 Å². The molecule has 0 aromatic heterocycles. The molecule has 0 bridgehead atoms. The summed E-state index contributed by atoms with van der Waals surface area (Å²) in [4.78, 5) is 0. The van der Waals surface area contributed by atoms with Crippen molar-refractivity contribution in [3.8, 4) is 0 Å². The lowest BCUT2D eigenvalue weighted by Crippen LogP contribution is -2.34. The molecule has 18 heavy (non-hydrogen) atoms. The molecular weight excluding hydrogens is 229 g/mol. The Morgan fingerprint density at radius 2 is 1.94 bits per heavy atom. The Kier molecular flexibility index (Phi) is 6.91. The Hall–Kier alpha value is -0.930. The number of nitrogens with one attached hydrogen (secondary N) is 1. The first-order valence-electron chi connectivity index (χ1n) is 6.75. The highest BCUT2D eigenvalue weighted by atomic mass is 19.1. The average Bonchev–Trinajstić information content (AvgIpc) is 2.39. The van der Waals surface area contributed by atoms with Gasteiger partial charge in [-0.3, -0.25) is 0 Å². The highest BCUT2D eigenvalue weighted by Gasteiger charge is 2.24. The van der Waals surface area contributed by atoms with Crippen LogP contribution in [-0.2, 0) is 4.74 Å². The summed E-state index contributed by atoms with van der Waals surface area (Å²) in [6, 6.07) is 6.87. The van der Waals surface area contributed by atoms with Gasteiger partial charge in [-0.15, -0.1) is 0 Å². The molecule has 0 radical (unpaired) electrons. The molecule has 0 heterocycles. The summed E-state index contributed by atoms with van der Waals surface area (Å²) >= 11 is 0. The number of hydrogen-bond donors (Lipinski definition) is 1. The van der Waals surface area contributed by atoms with Crippen LogP contribution >= 0.6 is 0 Å². The molecule has 2 nitrogen and oxygen atoms in total. The first kappa shape index (κ1) is 15.1. The third-order valence-electron chi connectivity index (χ3n) is 3.10. The second kappa shape index (κ2) is 8.22. The summed E-state index contributed by atoms with van der Waals surface area (Å²) in [5, 5.41) is 3.40. The molecule has 1 N–H and O–H groups in total. The second-order valence-corrected chi connectivity index (χ2v) is 4.52. The monoisotopic (exact) mass is 253 g/mol. The van der Waals surface area contributed by atoms with E-state index in [0.29, 0.717) is 5.56 Å². The van der Waals surface area contributed by atoms with Crippen LogP contribution in [0.4, 0.5) is 4.39 Å². The van der Waals surface area contributed by atoms with Gasteiger partial charge in [0.2, 0.25) is 0 Å². The van der Waals surface area contributed by atoms with E-state index < -0.39 is 0 Å². The van der Waals surface area contributed by atoms with Crippen LogP contribution in [0.3, 0.4) is 0 Å². The van der Waals surface area contributed by atoms with E-state index in [1.54, 1.807) is 13.2 Å². The van der Waals surface area contributed by atoms with E-state index >= 15 is 0 Å². The predicted octanol–water partition coefficient (Wildman–Crippen LogP) is 3.68. The third-order valence-corrected chi connectivity index (χ3v) is 3.10. The van der Waals surface area contributed by atoms with Crippen molar-refractivity contribution in [3.63, 3.8) is 0 Å². The first-order chi connectivity index (χ1) is 8.74. The van der Waals surface area contributed by atoms with E-state index in [9.17, 15) is 4.39 Å². The number of rotatable bonds is 8. The summed E-state index contributed by atoms with van der Waals surface area (Å²) in [7, 11) is 1.70. The second-order valence-electron chi connectivity index (χ2n) is 4.52. The molecule has 0 aliphatic heterocycles. The maximum atomic E-state index is 13.9. The lowest BCUT2D eigenvalue weighted by Gasteiger charge is -2.27. The molecule has 2 atom stereocenters. The molecule has 0 spiro atoms. The first-order valence-corrected chi connectivity index (χ1v) is 6.75. The highest BCUT2D eigenvalue weighted by Crippen LogP contribution is 2.24. The lowest BCUT2D eigenvalue weighted by molar-refractivity contribution is 0.0595. The van der Waals surface area contributed by atoms with Gasteiger partial charge in [-0.1, -0.05) is 38.5 Å². The van der Waals surface area contributed by atoms with E-state index in [0.717, 1.165) is 25.8 Å². The van der Waals surface area contributed by atoms with E-state index in [4.69, 9.17) is 4.74 Å². The van der Waals surface area contributed by atoms with Gasteiger partial charge in [-0.2, -0.15) is 0 Å². The van der Waals surface area contributed by atoms with Crippen LogP contribution in [0.15, 0.2) is 24.3 Å². The minimum Gasteiger partial charge on any atom is -0.379 e. The standard InChI is InChI=1S/C15H24FNO/c1-4-8-14(18-3)15(17-11-5-2)12-9-6-7-10-13(12)16/h6-7,9-10,14-15,17H,4-5,8,11H2,1-3H3. The zero-order valence-corrected chi connectivity index (χ0v) is 11.6. The minimum atomic E-state index is -0.163. The zero-order chi connectivity index (χ0) is 13.4. The fourth-order valence-electron chi connectivity index (χ4n) is 2.17. The molecule has 1 aromatic carbocycles. The smallest absolute Gasteiger partial charge is 0.128 e. The molecule has 0 amide bonds. The van der Waals surface area contributed by atoms with E-state index in [1.807, 2.05) is 12.1 Å². The predicted molar refractivity (Wildman–Crippen MR) is 73.1 cm³/mol. The van der Waals surface area contributed by atoms with Gasteiger partial charge in [0.25, 0.3) is 0 Å². The van der Waals surface area contributed by atoms with Crippen LogP contribution in [0.2, 0.25) is 0 Å². The molecule has 0 aliphatic rings. The highest BCUT2D eigenvalue weighted by molar-refractivity contribution is 5.22. The SMILES string of the molecule is CCCNC(c1ccccc1F)C(CCC)OC. The Labute approximate surface area is 110 Å². The van der Waals surface area contributed by atoms with Crippen molar-refractivity contribution >= 4 is 0 Å². The van der Waals surface area contributed by atoms with Crippen molar-refractivity contribution in [3.05, 3.63) is 35.6 Å². The normalized spacial score (nSPS) is 14.4. The molecular formula is C15H24FNO. The third kappa shape index (κ3) is 4.07. The van der Waals surface area contributed by atoms with E-state index in [1.165, 1.54) is 6.07 Å². The number of ether oxygens (including phenoxy) is 1. The summed E-state index contributed by atoms with van der Waals surface area (Å²) < 4.78 is 19.4. The van der Waals surface area contributed by atoms with Crippen molar-refractivity contribution in [1.82, 2.24) is 5.32 Å². The zero-order valence-electron chi connectivity index (χ0n) is 11.6. The Morgan fingerprint density at radius 1 is 1.22 bits per heavy atom. The van der Waals surface area contributed by atoms with Gasteiger partial charge in [0.15, 0.2) is 0 Å². The van der Waals surface area contributed by atoms with E-state index in [2.05, 4.69) is 19.2 Å². The van der Waals surface area contributed by atoms with Crippen LogP contribution < -0.4 is 5.32 Å². The summed E-state index contributed by atoms with van der Waals surface area (Å²) in [6.07, 6.45) is 2.98. The van der Waals surface area contributed by atoms with Gasteiger partial charge in [-0.05, 0) is 25.5 Å². The van der Waals surface area contributed by atoms with Crippen molar-refractivity contribution in [2.45, 2.75) is 45.3 Å². The maximum absolute atomic E-state index is 13.9. The summed E-state index contributed by atoms with van der Waals surface area (Å²) in [5.74, 6) is -0.163. The summed E-state index contributed by atoms with van der Waals surface area (Å²) in [6.45, 7) is 5.08. The van der Waals surface area contributed by atoms with Gasteiger partial charge in [0.05, 0.1) is 12.1 Å². The number of halogens is 1. The van der Waals surface area contributed by atoms with Crippen LogP contribution in [0.1, 0.15) is 44.7 Å². The molecule has 0 fully saturated rings. The van der Waals surface area contributed by atoms with Crippen molar-refractivity contribution in [2.75, 3.05) is 13.7 Å². The number of hydrogen-bond acceptors (Lipinski definition) is 2. The fourth-order valence-corrected chi connectivity index (χ4v) is 2.17. The largest absolute Gasteiger partial charge is 0.379 e. The van der Waals surface area contributed by atoms with Crippen molar-refractivity contribution in [2.24, 2.45) is 0 Å². The van der Waals surface area contributed by atoms with Crippen LogP contribution in [-0.4, -0.2) is 19.8 Å². The van der Waals surface area contributed by atoms with Gasteiger partial charge in [0.1, 0.15) is 5.82 Å². The topological polar surface area (TPSA) is 21.3 Å². The Morgan fingerprint density at radius 3 is 2.50 bits per heavy atom. The molecule has 0 saturated heterocycles. The van der Waals surface area contributed by atoms with E-state index in [-0.39, 0.29) is 18.0 Å². The number of benzene rings is 1. The molecule has 1 aromatic rings. The van der Waals surface area contributed by atoms with Gasteiger partial charge in [-0.25, -0.2) is 4.39 Å². The van der Waals surface area contributed by atoms with Gasteiger partial charge >= 0.3 is 0 Å². The maximum Gasteiger partial charge on any atom is 0.128 e. The molecule has 3 heteroatoms. The van der Waals surface area contributed by atoms with Crippen LogP contribution in [0.5, 0.6) is 0 Å². The molecule has 102 valence electrons. The molecule has 1 rings (SSSR count). The Bertz CT molecular complexity index is 343. The quantitative estimate of drug-likeness (QED) is 0.763. The molecule has 0 aliphatic carbocycles. The van der Waals surface area contributed by atoms with Crippen molar-refractivity contribution in [1.29, 1.82) is 0 Å². The lowest BCUT2D eigenvalue weighted by atomic mass is 9.97. The van der Waals surface area contributed by atoms with Crippen LogP contribution in [0.25, 0.3) is 0 Å². The molecule has 0 saturated carbocycles. The average molecular weight is 253 g/mol. The minimum absolute atomic E-state index is 0.0125. The molecule has 2 unspecified atom stereocenters. The fraction of sp³-hybridized carbons (Fsp3) is 0.600. The van der Waals surface area contributed by atoms with Crippen LogP contribution in [0, 0.1) is 5.82 Å². The Balaban J connectivity index is 2.92. The van der Waals surface area contributed by atoms with Gasteiger partial charge < -0.3 is 10.1 Å².